The molecule has 0 amide bonds. The van der Waals surface area contributed by atoms with Crippen LogP contribution < -0.4 is 15.9 Å². The summed E-state index contributed by atoms with van der Waals surface area (Å²) in [5, 5.41) is 11.6. The van der Waals surface area contributed by atoms with E-state index >= 15 is 0 Å². The number of hydrogen-bond acceptors (Lipinski definition) is 3. The van der Waals surface area contributed by atoms with Crippen LogP contribution in [0.2, 0.25) is 0 Å². The van der Waals surface area contributed by atoms with Crippen LogP contribution in [0, 0.1) is 0 Å². The largest absolute Gasteiger partial charge is 2.00 e. The predicted octanol–water partition coefficient (Wildman–Crippen LogP) is 0.298. The molecule has 1 aromatic carbocycles. The molecule has 16 heavy (non-hydrogen) atoms. The summed E-state index contributed by atoms with van der Waals surface area (Å²) in [5.74, 6) is 0.766. The van der Waals surface area contributed by atoms with Crippen molar-refractivity contribution in [3.8, 4) is 11.5 Å². The first-order valence-corrected chi connectivity index (χ1v) is 4.53. The van der Waals surface area contributed by atoms with Crippen LogP contribution in [0.1, 0.15) is 5.56 Å². The monoisotopic (exact) mass is 289 g/mol. The van der Waals surface area contributed by atoms with E-state index in [1.54, 1.807) is 18.2 Å². The summed E-state index contributed by atoms with van der Waals surface area (Å²) in [4.78, 5) is 0. The Morgan fingerprint density at radius 1 is 1.62 bits per heavy atom. The number of benzene rings is 1. The van der Waals surface area contributed by atoms with E-state index in [0.29, 0.717) is 11.3 Å². The zero-order valence-electron chi connectivity index (χ0n) is 8.45. The van der Waals surface area contributed by atoms with Crippen LogP contribution in [0.4, 0.5) is 0 Å². The van der Waals surface area contributed by atoms with Gasteiger partial charge in [0.1, 0.15) is 0 Å². The third-order valence-electron chi connectivity index (χ3n) is 1.66. The smallest absolute Gasteiger partial charge is 0.590 e. The first-order chi connectivity index (χ1) is 7.15. The molecule has 0 heterocycles. The Hall–Kier alpha value is -1.30. The number of methoxy groups -OCH3 is 1. The number of nitrogens with two attached hydrogens (primary N) is 1. The summed E-state index contributed by atoms with van der Waals surface area (Å²) >= 11 is 4.57. The second kappa shape index (κ2) is 7.05. The van der Waals surface area contributed by atoms with Crippen molar-refractivity contribution in [1.29, 1.82) is 0 Å². The molecule has 0 aliphatic heterocycles. The third kappa shape index (κ3) is 4.06. The van der Waals surface area contributed by atoms with Crippen molar-refractivity contribution < 1.29 is 26.9 Å². The minimum atomic E-state index is 0. The molecule has 89 valence electrons. The standard InChI is InChI=1S/C9H11N3O2S.Cu/c1-14-7-4-2-3-6(8(7)13)5-11-12-9(10)15;/h2-5,13H,1H3,(H3,10,12,15);/q;+2/p+1. The fourth-order valence-corrected chi connectivity index (χ4v) is 1.04. The van der Waals surface area contributed by atoms with Crippen LogP contribution in [0.25, 0.3) is 0 Å². The SMILES string of the molecule is COc1cccc(C=NNC(N)=S)c1[OH2+].[Cu+2]. The van der Waals surface area contributed by atoms with Crippen molar-refractivity contribution >= 4 is 23.5 Å². The zero-order valence-corrected chi connectivity index (χ0v) is 10.2. The molecule has 0 saturated carbocycles. The maximum atomic E-state index is 7.72. The van der Waals surface area contributed by atoms with Crippen LogP contribution >= 0.6 is 12.2 Å². The van der Waals surface area contributed by atoms with Crippen LogP contribution in [0.3, 0.4) is 0 Å². The van der Waals surface area contributed by atoms with Crippen molar-refractivity contribution in [2.24, 2.45) is 10.8 Å². The molecule has 0 fully saturated rings. The van der Waals surface area contributed by atoms with Gasteiger partial charge in [0.2, 0.25) is 5.75 Å². The fraction of sp³-hybridized carbons (Fsp3) is 0.111. The Morgan fingerprint density at radius 2 is 2.31 bits per heavy atom. The summed E-state index contributed by atoms with van der Waals surface area (Å²) in [5.41, 5.74) is 8.22. The number of nitrogens with one attached hydrogen (secondary N) is 1. The van der Waals surface area contributed by atoms with Gasteiger partial charge in [0.05, 0.1) is 18.9 Å². The summed E-state index contributed by atoms with van der Waals surface area (Å²) in [6.07, 6.45) is 1.46. The molecule has 1 rings (SSSR count). The fourth-order valence-electron chi connectivity index (χ4n) is 0.991. The normalized spacial score (nSPS) is 9.56. The second-order valence-electron chi connectivity index (χ2n) is 2.66. The Morgan fingerprint density at radius 3 is 2.88 bits per heavy atom. The van der Waals surface area contributed by atoms with Crippen LogP contribution in [0.15, 0.2) is 23.3 Å². The van der Waals surface area contributed by atoms with E-state index < -0.39 is 0 Å². The molecular formula is C9H12CuN3O2S+3. The predicted molar refractivity (Wildman–Crippen MR) is 63.6 cm³/mol. The molecular weight excluding hydrogens is 278 g/mol. The summed E-state index contributed by atoms with van der Waals surface area (Å²) in [6.45, 7) is 0. The molecule has 0 atom stereocenters. The molecule has 0 aliphatic rings. The van der Waals surface area contributed by atoms with E-state index in [1.807, 2.05) is 0 Å². The Kier molecular flexibility index (Phi) is 6.48. The molecule has 5 nitrogen and oxygen atoms in total. The van der Waals surface area contributed by atoms with E-state index in [1.165, 1.54) is 13.3 Å². The number of hydrogen-bond donors (Lipinski definition) is 2. The van der Waals surface area contributed by atoms with Crippen molar-refractivity contribution in [1.82, 2.24) is 5.43 Å². The summed E-state index contributed by atoms with van der Waals surface area (Å²) in [7, 11) is 1.52. The van der Waals surface area contributed by atoms with Crippen LogP contribution in [-0.2, 0) is 17.1 Å². The third-order valence-corrected chi connectivity index (χ3v) is 1.75. The number of hydrazone groups is 1. The van der Waals surface area contributed by atoms with E-state index in [0.717, 1.165) is 0 Å². The van der Waals surface area contributed by atoms with E-state index in [4.69, 9.17) is 15.6 Å². The van der Waals surface area contributed by atoms with E-state index in [-0.39, 0.29) is 27.9 Å². The summed E-state index contributed by atoms with van der Waals surface area (Å²) < 4.78 is 4.99. The quantitative estimate of drug-likeness (QED) is 0.276. The van der Waals surface area contributed by atoms with Crippen LogP contribution in [-0.4, -0.2) is 23.5 Å². The van der Waals surface area contributed by atoms with Gasteiger partial charge in [0.25, 0.3) is 0 Å². The van der Waals surface area contributed by atoms with E-state index in [2.05, 4.69) is 22.7 Å². The number of nitrogens with zero attached hydrogens (tertiary/aromatic N) is 1. The van der Waals surface area contributed by atoms with Gasteiger partial charge in [0.15, 0.2) is 5.11 Å². The minimum absolute atomic E-state index is 0. The Balaban J connectivity index is 0.00000225. The molecule has 0 saturated heterocycles. The maximum Gasteiger partial charge on any atom is 2.00 e. The topological polar surface area (TPSA) is 82.5 Å². The molecule has 0 aromatic heterocycles. The molecule has 0 bridgehead atoms. The van der Waals surface area contributed by atoms with Gasteiger partial charge in [-0.1, -0.05) is 6.07 Å². The maximum absolute atomic E-state index is 7.72. The number of para-hydroxylation sites is 1. The van der Waals surface area contributed by atoms with Crippen molar-refractivity contribution in [2.75, 3.05) is 7.11 Å². The van der Waals surface area contributed by atoms with Crippen molar-refractivity contribution in [3.63, 3.8) is 0 Å². The molecule has 0 aliphatic carbocycles. The molecule has 1 radical (unpaired) electrons. The average Bonchev–Trinajstić information content (AvgIpc) is 2.20. The van der Waals surface area contributed by atoms with Crippen LogP contribution in [0.5, 0.6) is 11.5 Å². The molecule has 0 spiro atoms. The molecule has 1 aromatic rings. The zero-order chi connectivity index (χ0) is 11.3. The van der Waals surface area contributed by atoms with Gasteiger partial charge in [-0.05, 0) is 24.4 Å². The first kappa shape index (κ1) is 14.7. The number of ether oxygens (including phenoxy) is 1. The van der Waals surface area contributed by atoms with Gasteiger partial charge >= 0.3 is 22.8 Å². The second-order valence-corrected chi connectivity index (χ2v) is 3.10. The molecule has 7 heteroatoms. The Labute approximate surface area is 109 Å². The van der Waals surface area contributed by atoms with Gasteiger partial charge in [-0.3, -0.25) is 5.43 Å². The van der Waals surface area contributed by atoms with Gasteiger partial charge in [-0.2, -0.15) is 5.10 Å². The number of thiocarbonyl (C=S) groups is 1. The van der Waals surface area contributed by atoms with Gasteiger partial charge < -0.3 is 15.6 Å². The molecule has 5 N–H and O–H groups in total. The van der Waals surface area contributed by atoms with Crippen molar-refractivity contribution in [2.45, 2.75) is 0 Å². The summed E-state index contributed by atoms with van der Waals surface area (Å²) in [6, 6.07) is 5.23. The van der Waals surface area contributed by atoms with Gasteiger partial charge in [-0.15, -0.1) is 0 Å². The average molecular weight is 290 g/mol. The first-order valence-electron chi connectivity index (χ1n) is 4.12. The van der Waals surface area contributed by atoms with E-state index in [9.17, 15) is 0 Å². The Bertz CT molecular complexity index is 398. The minimum Gasteiger partial charge on any atom is -0.590 e. The van der Waals surface area contributed by atoms with Gasteiger partial charge in [-0.25, -0.2) is 0 Å². The van der Waals surface area contributed by atoms with Crippen molar-refractivity contribution in [3.05, 3.63) is 23.8 Å². The molecule has 0 unspecified atom stereocenters. The van der Waals surface area contributed by atoms with Gasteiger partial charge in [0, 0.05) is 0 Å². The number of rotatable bonds is 3.